The fraction of sp³-hybridized carbons (Fsp3) is 0. The minimum atomic E-state index is -0.417. The second kappa shape index (κ2) is 6.21. The molecule has 3 rings (SSSR count). The van der Waals surface area contributed by atoms with Gasteiger partial charge in [0.15, 0.2) is 3.95 Å². The van der Waals surface area contributed by atoms with E-state index >= 15 is 0 Å². The summed E-state index contributed by atoms with van der Waals surface area (Å²) in [5.74, 6) is 0. The Morgan fingerprint density at radius 3 is 2.26 bits per heavy atom. The fourth-order valence-electron chi connectivity index (χ4n) is 1.44. The van der Waals surface area contributed by atoms with E-state index in [0.29, 0.717) is 0 Å². The number of nitrogens with one attached hydrogen (secondary N) is 1. The lowest BCUT2D eigenvalue weighted by Crippen LogP contribution is -1.84. The van der Waals surface area contributed by atoms with Gasteiger partial charge in [0, 0.05) is 12.1 Å². The fourth-order valence-corrected chi connectivity index (χ4v) is 2.56. The molecule has 0 saturated heterocycles. The summed E-state index contributed by atoms with van der Waals surface area (Å²) in [6.07, 6.45) is 0. The van der Waals surface area contributed by atoms with Crippen LogP contribution in [0.1, 0.15) is 0 Å². The third-order valence-electron chi connectivity index (χ3n) is 2.29. The lowest BCUT2D eigenvalue weighted by atomic mass is 10.3. The van der Waals surface area contributed by atoms with Crippen molar-refractivity contribution in [2.24, 2.45) is 0 Å². The average molecular weight is 290 g/mol. The van der Waals surface area contributed by atoms with E-state index in [0.717, 1.165) is 9.47 Å². The quantitative estimate of drug-likeness (QED) is 0.406. The minimum Gasteiger partial charge on any atom is -0.337 e. The highest BCUT2D eigenvalue weighted by molar-refractivity contribution is 7.73. The largest absolute Gasteiger partial charge is 0.337 e. The van der Waals surface area contributed by atoms with Gasteiger partial charge in [-0.3, -0.25) is 10.1 Å². The molecule has 1 heterocycles. The molecule has 0 fully saturated rings. The van der Waals surface area contributed by atoms with Gasteiger partial charge in [0.1, 0.15) is 0 Å². The lowest BCUT2D eigenvalue weighted by molar-refractivity contribution is -0.384. The SMILES string of the molecule is O=[N+]([O-])c1ccccc1.S=c1[nH]c2ccccc2s1. The van der Waals surface area contributed by atoms with Crippen LogP contribution in [0.25, 0.3) is 10.2 Å². The molecule has 96 valence electrons. The summed E-state index contributed by atoms with van der Waals surface area (Å²) in [6.45, 7) is 0. The number of aromatic nitrogens is 1. The number of non-ortho nitro benzene ring substituents is 1. The Bertz CT molecular complexity index is 699. The summed E-state index contributed by atoms with van der Waals surface area (Å²) in [5.41, 5.74) is 1.27. The van der Waals surface area contributed by atoms with E-state index in [-0.39, 0.29) is 5.69 Å². The number of rotatable bonds is 1. The van der Waals surface area contributed by atoms with E-state index in [1.807, 2.05) is 18.2 Å². The van der Waals surface area contributed by atoms with Gasteiger partial charge >= 0.3 is 0 Å². The monoisotopic (exact) mass is 290 g/mol. The van der Waals surface area contributed by atoms with Gasteiger partial charge in [-0.1, -0.05) is 30.3 Å². The number of hydrogen-bond donors (Lipinski definition) is 1. The van der Waals surface area contributed by atoms with Crippen molar-refractivity contribution in [2.45, 2.75) is 0 Å². The molecule has 0 aliphatic heterocycles. The van der Waals surface area contributed by atoms with E-state index in [1.165, 1.54) is 16.8 Å². The first kappa shape index (κ1) is 13.4. The zero-order valence-electron chi connectivity index (χ0n) is 9.78. The van der Waals surface area contributed by atoms with E-state index in [2.05, 4.69) is 11.1 Å². The van der Waals surface area contributed by atoms with Crippen molar-refractivity contribution in [3.63, 3.8) is 0 Å². The molecule has 3 aromatic rings. The van der Waals surface area contributed by atoms with Gasteiger partial charge in [0.25, 0.3) is 5.69 Å². The number of nitro benzene ring substituents is 1. The first-order chi connectivity index (χ1) is 9.16. The van der Waals surface area contributed by atoms with Crippen molar-refractivity contribution in [3.8, 4) is 0 Å². The normalized spacial score (nSPS) is 9.68. The summed E-state index contributed by atoms with van der Waals surface area (Å²) in [7, 11) is 0. The van der Waals surface area contributed by atoms with Gasteiger partial charge in [-0.2, -0.15) is 0 Å². The van der Waals surface area contributed by atoms with Gasteiger partial charge in [-0.25, -0.2) is 0 Å². The predicted octanol–water partition coefficient (Wildman–Crippen LogP) is 4.55. The zero-order chi connectivity index (χ0) is 13.7. The predicted molar refractivity (Wildman–Crippen MR) is 80.1 cm³/mol. The van der Waals surface area contributed by atoms with Crippen LogP contribution in [0.4, 0.5) is 5.69 Å². The van der Waals surface area contributed by atoms with Gasteiger partial charge in [0.05, 0.1) is 15.1 Å². The zero-order valence-corrected chi connectivity index (χ0v) is 11.4. The molecule has 1 aromatic heterocycles. The molecule has 0 unspecified atom stereocenters. The van der Waals surface area contributed by atoms with E-state index in [4.69, 9.17) is 12.2 Å². The van der Waals surface area contributed by atoms with Gasteiger partial charge < -0.3 is 4.98 Å². The second-order valence-corrected chi connectivity index (χ2v) is 5.32. The number of para-hydroxylation sites is 2. The topological polar surface area (TPSA) is 58.9 Å². The molecule has 0 aliphatic carbocycles. The van der Waals surface area contributed by atoms with Crippen LogP contribution in [0.5, 0.6) is 0 Å². The summed E-state index contributed by atoms with van der Waals surface area (Å²) < 4.78 is 2.08. The van der Waals surface area contributed by atoms with Crippen molar-refractivity contribution in [2.75, 3.05) is 0 Å². The van der Waals surface area contributed by atoms with Gasteiger partial charge in [-0.15, -0.1) is 11.3 Å². The first-order valence-corrected chi connectivity index (χ1v) is 6.66. The molecule has 1 N–H and O–H groups in total. The molecule has 0 amide bonds. The summed E-state index contributed by atoms with van der Waals surface area (Å²) in [5, 5.41) is 10.0. The molecule has 2 aromatic carbocycles. The number of hydrogen-bond acceptors (Lipinski definition) is 4. The number of thiazole rings is 1. The maximum atomic E-state index is 10.0. The Balaban J connectivity index is 0.000000141. The van der Waals surface area contributed by atoms with Crippen LogP contribution in [0.2, 0.25) is 0 Å². The maximum absolute atomic E-state index is 10.0. The number of nitro groups is 1. The van der Waals surface area contributed by atoms with Crippen molar-refractivity contribution in [1.82, 2.24) is 4.98 Å². The molecule has 0 spiro atoms. The van der Waals surface area contributed by atoms with Gasteiger partial charge in [0.2, 0.25) is 0 Å². The molecule has 0 saturated carbocycles. The number of H-pyrrole nitrogens is 1. The molecule has 4 nitrogen and oxygen atoms in total. The summed E-state index contributed by atoms with van der Waals surface area (Å²) >= 11 is 6.59. The highest BCUT2D eigenvalue weighted by Crippen LogP contribution is 2.17. The number of nitrogens with zero attached hydrogens (tertiary/aromatic N) is 1. The molecule has 19 heavy (non-hydrogen) atoms. The number of fused-ring (bicyclic) bond motifs is 1. The Morgan fingerprint density at radius 1 is 1.05 bits per heavy atom. The van der Waals surface area contributed by atoms with Crippen molar-refractivity contribution in [3.05, 3.63) is 68.7 Å². The van der Waals surface area contributed by atoms with Gasteiger partial charge in [-0.05, 0) is 24.4 Å². The highest BCUT2D eigenvalue weighted by Gasteiger charge is 1.98. The summed E-state index contributed by atoms with van der Waals surface area (Å²) in [6, 6.07) is 16.0. The van der Waals surface area contributed by atoms with Crippen LogP contribution < -0.4 is 0 Å². The van der Waals surface area contributed by atoms with Crippen LogP contribution in [-0.2, 0) is 0 Å². The third-order valence-corrected chi connectivity index (χ3v) is 3.51. The van der Waals surface area contributed by atoms with Crippen LogP contribution in [-0.4, -0.2) is 9.91 Å². The van der Waals surface area contributed by atoms with Crippen molar-refractivity contribution >= 4 is 39.5 Å². The lowest BCUT2D eigenvalue weighted by Gasteiger charge is -1.85. The Hall–Kier alpha value is -2.05. The van der Waals surface area contributed by atoms with Crippen molar-refractivity contribution in [1.29, 1.82) is 0 Å². The molecule has 0 bridgehead atoms. The molecular formula is C13H10N2O2S2. The Morgan fingerprint density at radius 2 is 1.68 bits per heavy atom. The third kappa shape index (κ3) is 3.70. The molecular weight excluding hydrogens is 280 g/mol. The number of benzene rings is 2. The van der Waals surface area contributed by atoms with Crippen LogP contribution in [0, 0.1) is 14.1 Å². The number of aromatic amines is 1. The molecule has 6 heteroatoms. The smallest absolute Gasteiger partial charge is 0.269 e. The van der Waals surface area contributed by atoms with E-state index < -0.39 is 4.92 Å². The molecule has 0 atom stereocenters. The second-order valence-electron chi connectivity index (χ2n) is 3.60. The van der Waals surface area contributed by atoms with Crippen LogP contribution in [0.3, 0.4) is 0 Å². The minimum absolute atomic E-state index is 0.137. The highest BCUT2D eigenvalue weighted by atomic mass is 32.1. The van der Waals surface area contributed by atoms with Crippen LogP contribution >= 0.6 is 23.6 Å². The van der Waals surface area contributed by atoms with Crippen molar-refractivity contribution < 1.29 is 4.92 Å². The Kier molecular flexibility index (Phi) is 4.38. The van der Waals surface area contributed by atoms with Crippen LogP contribution in [0.15, 0.2) is 54.6 Å². The average Bonchev–Trinajstić information content (AvgIpc) is 2.80. The maximum Gasteiger partial charge on any atom is 0.269 e. The molecule has 0 aliphatic rings. The Labute approximate surface area is 118 Å². The van der Waals surface area contributed by atoms with E-state index in [1.54, 1.807) is 29.5 Å². The standard InChI is InChI=1S/C7H5NS2.C6H5NO2/c9-7-8-5-3-1-2-4-6(5)10-7;8-7(9)6-4-2-1-3-5-6/h1-4H,(H,8,9);1-5H. The first-order valence-electron chi connectivity index (χ1n) is 5.44. The van der Waals surface area contributed by atoms with E-state index in [9.17, 15) is 10.1 Å². The molecule has 0 radical (unpaired) electrons. The summed E-state index contributed by atoms with van der Waals surface area (Å²) in [4.78, 5) is 12.7.